The molecule has 80 valence electrons. The molecule has 4 nitrogen and oxygen atoms in total. The average molecular weight is 190 g/mol. The van der Waals surface area contributed by atoms with E-state index in [9.17, 15) is 0 Å². The van der Waals surface area contributed by atoms with Gasteiger partial charge < -0.3 is 20.5 Å². The number of methoxy groups -OCH3 is 2. The maximum Gasteiger partial charge on any atom is 0.0587 e. The highest BCUT2D eigenvalue weighted by molar-refractivity contribution is 4.64. The van der Waals surface area contributed by atoms with Crippen LogP contribution in [0.5, 0.6) is 0 Å². The van der Waals surface area contributed by atoms with Gasteiger partial charge in [0.05, 0.1) is 6.61 Å². The normalized spacial score (nSPS) is 13.2. The van der Waals surface area contributed by atoms with Gasteiger partial charge in [-0.3, -0.25) is 0 Å². The van der Waals surface area contributed by atoms with E-state index in [-0.39, 0.29) is 6.04 Å². The Hall–Kier alpha value is -0.160. The zero-order valence-corrected chi connectivity index (χ0v) is 8.71. The van der Waals surface area contributed by atoms with Crippen molar-refractivity contribution in [1.29, 1.82) is 0 Å². The lowest BCUT2D eigenvalue weighted by atomic mass is 10.2. The molecule has 3 N–H and O–H groups in total. The maximum atomic E-state index is 5.84. The van der Waals surface area contributed by atoms with Crippen LogP contribution in [0.1, 0.15) is 12.8 Å². The summed E-state index contributed by atoms with van der Waals surface area (Å²) in [5.74, 6) is 0. The molecule has 13 heavy (non-hydrogen) atoms. The van der Waals surface area contributed by atoms with Crippen molar-refractivity contribution in [2.75, 3.05) is 40.5 Å². The van der Waals surface area contributed by atoms with Crippen molar-refractivity contribution < 1.29 is 9.47 Å². The predicted molar refractivity (Wildman–Crippen MR) is 53.8 cm³/mol. The van der Waals surface area contributed by atoms with Crippen molar-refractivity contribution in [3.8, 4) is 0 Å². The summed E-state index contributed by atoms with van der Waals surface area (Å²) in [6, 6.07) is 0.229. The number of nitrogens with two attached hydrogens (primary N) is 1. The quantitative estimate of drug-likeness (QED) is 0.502. The molecule has 0 saturated carbocycles. The molecule has 0 fully saturated rings. The third kappa shape index (κ3) is 9.76. The predicted octanol–water partition coefficient (Wildman–Crippen LogP) is -0.0237. The molecule has 0 aromatic rings. The van der Waals surface area contributed by atoms with E-state index in [1.165, 1.54) is 0 Å². The standard InChI is InChI=1S/C9H22N2O2/c1-12-6-3-4-9(10)8-11-5-7-13-2/h9,11H,3-8,10H2,1-2H3. The molecule has 0 aliphatic heterocycles. The Balaban J connectivity index is 3.05. The maximum absolute atomic E-state index is 5.84. The summed E-state index contributed by atoms with van der Waals surface area (Å²) in [7, 11) is 3.41. The minimum atomic E-state index is 0.229. The van der Waals surface area contributed by atoms with Crippen molar-refractivity contribution in [3.63, 3.8) is 0 Å². The number of rotatable bonds is 9. The first-order valence-electron chi connectivity index (χ1n) is 4.75. The summed E-state index contributed by atoms with van der Waals surface area (Å²) >= 11 is 0. The van der Waals surface area contributed by atoms with Crippen molar-refractivity contribution >= 4 is 0 Å². The van der Waals surface area contributed by atoms with Gasteiger partial charge in [-0.05, 0) is 12.8 Å². The Bertz CT molecular complexity index is 102. The number of ether oxygens (including phenoxy) is 2. The molecule has 1 atom stereocenters. The summed E-state index contributed by atoms with van der Waals surface area (Å²) in [5.41, 5.74) is 5.84. The zero-order valence-electron chi connectivity index (χ0n) is 8.71. The zero-order chi connectivity index (χ0) is 9.94. The topological polar surface area (TPSA) is 56.5 Å². The first kappa shape index (κ1) is 12.8. The van der Waals surface area contributed by atoms with Gasteiger partial charge in [-0.25, -0.2) is 0 Å². The summed E-state index contributed by atoms with van der Waals surface area (Å²) in [6.07, 6.45) is 2.04. The van der Waals surface area contributed by atoms with E-state index >= 15 is 0 Å². The van der Waals surface area contributed by atoms with Crippen LogP contribution in [0.25, 0.3) is 0 Å². The second kappa shape index (κ2) is 9.92. The molecule has 0 aliphatic rings. The van der Waals surface area contributed by atoms with Crippen molar-refractivity contribution in [3.05, 3.63) is 0 Å². The van der Waals surface area contributed by atoms with Gasteiger partial charge in [0, 0.05) is 40.0 Å². The van der Waals surface area contributed by atoms with Crippen molar-refractivity contribution in [2.45, 2.75) is 18.9 Å². The molecular formula is C9H22N2O2. The third-order valence-electron chi connectivity index (χ3n) is 1.81. The first-order valence-corrected chi connectivity index (χ1v) is 4.75. The van der Waals surface area contributed by atoms with E-state index in [1.807, 2.05) is 0 Å². The fourth-order valence-corrected chi connectivity index (χ4v) is 1.05. The lowest BCUT2D eigenvalue weighted by molar-refractivity contribution is 0.188. The number of nitrogens with one attached hydrogen (secondary N) is 1. The summed E-state index contributed by atoms with van der Waals surface area (Å²) < 4.78 is 9.84. The molecule has 0 aromatic carbocycles. The van der Waals surface area contributed by atoms with Crippen LogP contribution in [0.2, 0.25) is 0 Å². The first-order chi connectivity index (χ1) is 6.31. The molecular weight excluding hydrogens is 168 g/mol. The van der Waals surface area contributed by atoms with Gasteiger partial charge in [0.1, 0.15) is 0 Å². The van der Waals surface area contributed by atoms with Crippen LogP contribution in [0.4, 0.5) is 0 Å². The van der Waals surface area contributed by atoms with Crippen LogP contribution in [-0.2, 0) is 9.47 Å². The molecule has 4 heteroatoms. The Labute approximate surface area is 80.8 Å². The lowest BCUT2D eigenvalue weighted by Crippen LogP contribution is -2.35. The summed E-state index contributed by atoms with van der Waals surface area (Å²) in [4.78, 5) is 0. The molecule has 0 bridgehead atoms. The van der Waals surface area contributed by atoms with E-state index < -0.39 is 0 Å². The fraction of sp³-hybridized carbons (Fsp3) is 1.00. The SMILES string of the molecule is COCCCC(N)CNCCOC. The molecule has 0 spiro atoms. The van der Waals surface area contributed by atoms with Crippen LogP contribution in [0, 0.1) is 0 Å². The van der Waals surface area contributed by atoms with E-state index in [2.05, 4.69) is 5.32 Å². The summed E-state index contributed by atoms with van der Waals surface area (Å²) in [5, 5.41) is 3.22. The third-order valence-corrected chi connectivity index (χ3v) is 1.81. The second-order valence-corrected chi connectivity index (χ2v) is 3.09. The minimum absolute atomic E-state index is 0.229. The molecule has 1 unspecified atom stereocenters. The van der Waals surface area contributed by atoms with Gasteiger partial charge >= 0.3 is 0 Å². The molecule has 0 aromatic heterocycles. The van der Waals surface area contributed by atoms with Gasteiger partial charge in [-0.2, -0.15) is 0 Å². The van der Waals surface area contributed by atoms with Gasteiger partial charge in [0.15, 0.2) is 0 Å². The Kier molecular flexibility index (Phi) is 9.80. The molecule has 0 heterocycles. The Morgan fingerprint density at radius 3 is 2.54 bits per heavy atom. The second-order valence-electron chi connectivity index (χ2n) is 3.09. The van der Waals surface area contributed by atoms with Gasteiger partial charge in [0.2, 0.25) is 0 Å². The Morgan fingerprint density at radius 2 is 1.92 bits per heavy atom. The molecule has 0 amide bonds. The van der Waals surface area contributed by atoms with Gasteiger partial charge in [-0.1, -0.05) is 0 Å². The van der Waals surface area contributed by atoms with E-state index in [4.69, 9.17) is 15.2 Å². The Morgan fingerprint density at radius 1 is 1.23 bits per heavy atom. The van der Waals surface area contributed by atoms with Gasteiger partial charge in [-0.15, -0.1) is 0 Å². The minimum Gasteiger partial charge on any atom is -0.385 e. The summed E-state index contributed by atoms with van der Waals surface area (Å²) in [6.45, 7) is 3.26. The van der Waals surface area contributed by atoms with Crippen LogP contribution in [0.15, 0.2) is 0 Å². The van der Waals surface area contributed by atoms with E-state index in [1.54, 1.807) is 14.2 Å². The van der Waals surface area contributed by atoms with Gasteiger partial charge in [0.25, 0.3) is 0 Å². The molecule has 0 rings (SSSR count). The van der Waals surface area contributed by atoms with E-state index in [0.717, 1.165) is 39.1 Å². The van der Waals surface area contributed by atoms with Crippen molar-refractivity contribution in [1.82, 2.24) is 5.32 Å². The van der Waals surface area contributed by atoms with Crippen LogP contribution >= 0.6 is 0 Å². The highest BCUT2D eigenvalue weighted by Crippen LogP contribution is 1.93. The fourth-order valence-electron chi connectivity index (χ4n) is 1.05. The number of hydrogen-bond donors (Lipinski definition) is 2. The van der Waals surface area contributed by atoms with Crippen LogP contribution < -0.4 is 11.1 Å². The smallest absolute Gasteiger partial charge is 0.0587 e. The molecule has 0 saturated heterocycles. The number of hydrogen-bond acceptors (Lipinski definition) is 4. The highest BCUT2D eigenvalue weighted by atomic mass is 16.5. The van der Waals surface area contributed by atoms with Crippen LogP contribution in [-0.4, -0.2) is 46.6 Å². The largest absolute Gasteiger partial charge is 0.385 e. The van der Waals surface area contributed by atoms with E-state index in [0.29, 0.717) is 0 Å². The molecule has 0 radical (unpaired) electrons. The van der Waals surface area contributed by atoms with Crippen molar-refractivity contribution in [2.24, 2.45) is 5.73 Å². The monoisotopic (exact) mass is 190 g/mol. The average Bonchev–Trinajstić information content (AvgIpc) is 2.13. The van der Waals surface area contributed by atoms with Crippen LogP contribution in [0.3, 0.4) is 0 Å². The molecule has 0 aliphatic carbocycles. The lowest BCUT2D eigenvalue weighted by Gasteiger charge is -2.11. The highest BCUT2D eigenvalue weighted by Gasteiger charge is 2.00.